The largest absolute Gasteiger partial charge is 0.385 e. The second kappa shape index (κ2) is 4.16. The maximum Gasteiger partial charge on any atom is 0.150 e. The molecule has 1 aromatic carbocycles. The normalized spacial score (nSPS) is 14.9. The maximum atomic E-state index is 13.8. The van der Waals surface area contributed by atoms with Crippen LogP contribution in [0.15, 0.2) is 30.9 Å². The molecule has 0 saturated heterocycles. The minimum atomic E-state index is -0.295. The van der Waals surface area contributed by atoms with Crippen LogP contribution >= 0.6 is 0 Å². The highest BCUT2D eigenvalue weighted by Crippen LogP contribution is 2.29. The Morgan fingerprint density at radius 3 is 2.94 bits per heavy atom. The number of aromatic nitrogens is 3. The first-order valence-corrected chi connectivity index (χ1v) is 5.71. The molecule has 5 heteroatoms. The molecule has 0 spiro atoms. The van der Waals surface area contributed by atoms with Gasteiger partial charge in [-0.05, 0) is 37.0 Å². The second-order valence-electron chi connectivity index (χ2n) is 4.33. The van der Waals surface area contributed by atoms with Gasteiger partial charge in [0.15, 0.2) is 5.82 Å². The summed E-state index contributed by atoms with van der Waals surface area (Å²) < 4.78 is 15.2. The number of hydrogen-bond donors (Lipinski definition) is 1. The van der Waals surface area contributed by atoms with Crippen molar-refractivity contribution >= 4 is 5.69 Å². The average Bonchev–Trinajstić information content (AvgIpc) is 3.01. The van der Waals surface area contributed by atoms with E-state index in [1.54, 1.807) is 6.07 Å². The van der Waals surface area contributed by atoms with Crippen LogP contribution in [0.2, 0.25) is 0 Å². The van der Waals surface area contributed by atoms with Crippen LogP contribution in [0, 0.1) is 11.7 Å². The van der Waals surface area contributed by atoms with Crippen molar-refractivity contribution in [3.63, 3.8) is 0 Å². The van der Waals surface area contributed by atoms with Gasteiger partial charge in [-0.3, -0.25) is 0 Å². The van der Waals surface area contributed by atoms with Crippen molar-refractivity contribution in [1.82, 2.24) is 14.8 Å². The van der Waals surface area contributed by atoms with Crippen LogP contribution in [0.25, 0.3) is 5.69 Å². The van der Waals surface area contributed by atoms with Gasteiger partial charge in [0.05, 0.1) is 0 Å². The van der Waals surface area contributed by atoms with Gasteiger partial charge in [-0.15, -0.1) is 0 Å². The fourth-order valence-electron chi connectivity index (χ4n) is 1.72. The Balaban J connectivity index is 1.78. The lowest BCUT2D eigenvalue weighted by molar-refractivity contribution is 0.611. The Hall–Kier alpha value is -1.91. The molecule has 0 amide bonds. The summed E-state index contributed by atoms with van der Waals surface area (Å²) in [6.45, 7) is 0.933. The number of nitrogens with one attached hydrogen (secondary N) is 1. The first-order valence-electron chi connectivity index (χ1n) is 5.71. The van der Waals surface area contributed by atoms with Crippen molar-refractivity contribution in [2.24, 2.45) is 5.92 Å². The van der Waals surface area contributed by atoms with Gasteiger partial charge in [-0.2, -0.15) is 5.10 Å². The Kier molecular flexibility index (Phi) is 2.51. The summed E-state index contributed by atoms with van der Waals surface area (Å²) in [4.78, 5) is 3.80. The third-order valence-corrected chi connectivity index (χ3v) is 2.91. The molecule has 1 saturated carbocycles. The monoisotopic (exact) mass is 232 g/mol. The minimum absolute atomic E-state index is 0.295. The molecule has 4 nitrogen and oxygen atoms in total. The zero-order valence-electron chi connectivity index (χ0n) is 9.31. The summed E-state index contributed by atoms with van der Waals surface area (Å²) >= 11 is 0. The van der Waals surface area contributed by atoms with Crippen molar-refractivity contribution < 1.29 is 4.39 Å². The highest BCUT2D eigenvalue weighted by Gasteiger charge is 2.20. The van der Waals surface area contributed by atoms with Gasteiger partial charge in [0.2, 0.25) is 0 Å². The van der Waals surface area contributed by atoms with Crippen molar-refractivity contribution in [3.05, 3.63) is 36.7 Å². The lowest BCUT2D eigenvalue weighted by atomic mass is 10.2. The third kappa shape index (κ3) is 2.27. The van der Waals surface area contributed by atoms with Crippen LogP contribution in [0.4, 0.5) is 10.1 Å². The van der Waals surface area contributed by atoms with Crippen LogP contribution < -0.4 is 5.32 Å². The molecule has 1 aromatic heterocycles. The van der Waals surface area contributed by atoms with E-state index in [9.17, 15) is 4.39 Å². The van der Waals surface area contributed by atoms with Crippen molar-refractivity contribution in [3.8, 4) is 5.69 Å². The van der Waals surface area contributed by atoms with Gasteiger partial charge in [0.25, 0.3) is 0 Å². The van der Waals surface area contributed by atoms with E-state index in [0.29, 0.717) is 5.69 Å². The molecule has 0 unspecified atom stereocenters. The van der Waals surface area contributed by atoms with Gasteiger partial charge in [-0.1, -0.05) is 0 Å². The zero-order chi connectivity index (χ0) is 11.7. The Bertz CT molecular complexity index is 505. The second-order valence-corrected chi connectivity index (χ2v) is 4.33. The molecule has 17 heavy (non-hydrogen) atoms. The van der Waals surface area contributed by atoms with E-state index in [1.807, 2.05) is 6.07 Å². The standard InChI is InChI=1S/C12H13FN4/c13-11-5-10(15-6-9-1-2-9)3-4-12(11)17-8-14-7-16-17/h3-5,7-9,15H,1-2,6H2. The molecule has 1 N–H and O–H groups in total. The Morgan fingerprint density at radius 2 is 2.29 bits per heavy atom. The molecule has 1 heterocycles. The summed E-state index contributed by atoms with van der Waals surface area (Å²) in [6.07, 6.45) is 5.44. The zero-order valence-corrected chi connectivity index (χ0v) is 9.31. The molecular formula is C12H13FN4. The molecule has 0 aliphatic heterocycles. The molecule has 2 aromatic rings. The maximum absolute atomic E-state index is 13.8. The summed E-state index contributed by atoms with van der Waals surface area (Å²) in [5, 5.41) is 7.14. The topological polar surface area (TPSA) is 42.7 Å². The SMILES string of the molecule is Fc1cc(NCC2CC2)ccc1-n1cncn1. The fraction of sp³-hybridized carbons (Fsp3) is 0.333. The fourth-order valence-corrected chi connectivity index (χ4v) is 1.72. The van der Waals surface area contributed by atoms with E-state index in [1.165, 1.54) is 36.2 Å². The summed E-state index contributed by atoms with van der Waals surface area (Å²) in [5.74, 6) is 0.476. The molecule has 3 rings (SSSR count). The number of halogens is 1. The average molecular weight is 232 g/mol. The number of anilines is 1. The molecule has 1 aliphatic rings. The highest BCUT2D eigenvalue weighted by molar-refractivity contribution is 5.49. The smallest absolute Gasteiger partial charge is 0.150 e. The van der Waals surface area contributed by atoms with Crippen LogP contribution in [-0.2, 0) is 0 Å². The minimum Gasteiger partial charge on any atom is -0.385 e. The molecule has 0 atom stereocenters. The quantitative estimate of drug-likeness (QED) is 0.879. The summed E-state index contributed by atoms with van der Waals surface area (Å²) in [7, 11) is 0. The predicted octanol–water partition coefficient (Wildman–Crippen LogP) is 2.23. The number of hydrogen-bond acceptors (Lipinski definition) is 3. The van der Waals surface area contributed by atoms with E-state index in [2.05, 4.69) is 15.4 Å². The van der Waals surface area contributed by atoms with Gasteiger partial charge < -0.3 is 5.32 Å². The highest BCUT2D eigenvalue weighted by atomic mass is 19.1. The Labute approximate surface area is 98.5 Å². The molecule has 1 fully saturated rings. The van der Waals surface area contributed by atoms with Gasteiger partial charge in [0.1, 0.15) is 18.3 Å². The predicted molar refractivity (Wildman–Crippen MR) is 62.5 cm³/mol. The first-order chi connectivity index (χ1) is 8.33. The summed E-state index contributed by atoms with van der Waals surface area (Å²) in [5.41, 5.74) is 1.23. The third-order valence-electron chi connectivity index (χ3n) is 2.91. The molecule has 0 bridgehead atoms. The van der Waals surface area contributed by atoms with Crippen molar-refractivity contribution in [2.75, 3.05) is 11.9 Å². The van der Waals surface area contributed by atoms with E-state index < -0.39 is 0 Å². The van der Waals surface area contributed by atoms with E-state index in [0.717, 1.165) is 18.2 Å². The molecule has 0 radical (unpaired) electrons. The molecule has 88 valence electrons. The van der Waals surface area contributed by atoms with E-state index in [4.69, 9.17) is 0 Å². The number of rotatable bonds is 4. The molecule has 1 aliphatic carbocycles. The number of nitrogens with zero attached hydrogens (tertiary/aromatic N) is 3. The Morgan fingerprint density at radius 1 is 1.41 bits per heavy atom. The van der Waals surface area contributed by atoms with E-state index in [-0.39, 0.29) is 5.82 Å². The lowest BCUT2D eigenvalue weighted by Gasteiger charge is -2.07. The lowest BCUT2D eigenvalue weighted by Crippen LogP contribution is -2.05. The van der Waals surface area contributed by atoms with Gasteiger partial charge in [0, 0.05) is 12.2 Å². The van der Waals surface area contributed by atoms with Crippen molar-refractivity contribution in [2.45, 2.75) is 12.8 Å². The van der Waals surface area contributed by atoms with Crippen LogP contribution in [0.5, 0.6) is 0 Å². The van der Waals surface area contributed by atoms with Crippen LogP contribution in [0.3, 0.4) is 0 Å². The summed E-state index contributed by atoms with van der Waals surface area (Å²) in [6, 6.07) is 5.07. The number of benzene rings is 1. The van der Waals surface area contributed by atoms with E-state index >= 15 is 0 Å². The van der Waals surface area contributed by atoms with Crippen LogP contribution in [0.1, 0.15) is 12.8 Å². The van der Waals surface area contributed by atoms with Gasteiger partial charge >= 0.3 is 0 Å². The van der Waals surface area contributed by atoms with Crippen molar-refractivity contribution in [1.29, 1.82) is 0 Å². The molecular weight excluding hydrogens is 219 g/mol. The first kappa shape index (κ1) is 10.3. The van der Waals surface area contributed by atoms with Crippen LogP contribution in [-0.4, -0.2) is 21.3 Å². The van der Waals surface area contributed by atoms with Gasteiger partial charge in [-0.25, -0.2) is 14.1 Å².